The molecule has 0 fully saturated rings. The van der Waals surface area contributed by atoms with Crippen molar-refractivity contribution in [2.75, 3.05) is 0 Å². The molecule has 1 aromatic heterocycles. The average molecular weight is 221 g/mol. The zero-order valence-corrected chi connectivity index (χ0v) is 9.25. The molecule has 0 amide bonds. The van der Waals surface area contributed by atoms with Crippen LogP contribution >= 0.6 is 0 Å². The zero-order chi connectivity index (χ0) is 11.7. The summed E-state index contributed by atoms with van der Waals surface area (Å²) in [7, 11) is 0. The first-order valence-corrected chi connectivity index (χ1v) is 5.19. The monoisotopic (exact) mass is 221 g/mol. The van der Waals surface area contributed by atoms with E-state index >= 15 is 0 Å². The van der Waals surface area contributed by atoms with Gasteiger partial charge in [-0.1, -0.05) is 0 Å². The van der Waals surface area contributed by atoms with Gasteiger partial charge in [0.25, 0.3) is 0 Å². The Morgan fingerprint density at radius 2 is 1.69 bits per heavy atom. The summed E-state index contributed by atoms with van der Waals surface area (Å²) in [6.45, 7) is 3.45. The highest BCUT2D eigenvalue weighted by Gasteiger charge is 2.23. The number of ketones is 1. The molecule has 0 unspecified atom stereocenters. The van der Waals surface area contributed by atoms with Gasteiger partial charge in [0.15, 0.2) is 17.4 Å². The average Bonchev–Trinajstić information content (AvgIpc) is 2.20. The smallest absolute Gasteiger partial charge is 0.191 e. The predicted octanol–water partition coefficient (Wildman–Crippen LogP) is 1.92. The maximum atomic E-state index is 13.6. The molecule has 0 aliphatic heterocycles. The van der Waals surface area contributed by atoms with Gasteiger partial charge in [-0.15, -0.1) is 0 Å². The number of aromatic nitrogens is 3. The van der Waals surface area contributed by atoms with E-state index in [9.17, 15) is 9.18 Å². The fourth-order valence-corrected chi connectivity index (χ4v) is 1.77. The highest BCUT2D eigenvalue weighted by atomic mass is 19.1. The lowest BCUT2D eigenvalue weighted by molar-refractivity contribution is -0.117. The number of rotatable bonds is 1. The number of nitrogens with zero attached hydrogens (tertiary/aromatic N) is 3. The van der Waals surface area contributed by atoms with Crippen molar-refractivity contribution in [1.82, 2.24) is 15.0 Å². The molecule has 0 bridgehead atoms. The van der Waals surface area contributed by atoms with Gasteiger partial charge in [-0.3, -0.25) is 4.79 Å². The molecule has 0 N–H and O–H groups in total. The Kier molecular flexibility index (Phi) is 2.77. The lowest BCUT2D eigenvalue weighted by atomic mass is 9.97. The van der Waals surface area contributed by atoms with Crippen molar-refractivity contribution in [1.29, 1.82) is 0 Å². The van der Waals surface area contributed by atoms with E-state index in [0.29, 0.717) is 35.9 Å². The predicted molar refractivity (Wildman–Crippen MR) is 56.2 cm³/mol. The summed E-state index contributed by atoms with van der Waals surface area (Å²) in [6, 6.07) is 0. The largest absolute Gasteiger partial charge is 0.292 e. The van der Waals surface area contributed by atoms with Gasteiger partial charge < -0.3 is 0 Å². The first-order chi connectivity index (χ1) is 7.58. The molecule has 0 saturated carbocycles. The van der Waals surface area contributed by atoms with Gasteiger partial charge in [0, 0.05) is 12.0 Å². The van der Waals surface area contributed by atoms with Crippen molar-refractivity contribution in [2.24, 2.45) is 0 Å². The van der Waals surface area contributed by atoms with Crippen LogP contribution in [-0.2, 0) is 4.79 Å². The first-order valence-electron chi connectivity index (χ1n) is 5.19. The number of Topliss-reactive ketones (excluding diaryl/α,β-unsaturated/α-hetero) is 1. The van der Waals surface area contributed by atoms with Crippen LogP contribution in [0.2, 0.25) is 0 Å². The molecule has 1 aromatic rings. The standard InChI is InChI=1S/C11H12FN3O/c1-6-13-7(2)15-11(14-6)8-4-3-5-9(16)10(8)12/h3-5H2,1-2H3. The van der Waals surface area contributed by atoms with Crippen molar-refractivity contribution in [3.8, 4) is 0 Å². The van der Waals surface area contributed by atoms with E-state index in [2.05, 4.69) is 15.0 Å². The lowest BCUT2D eigenvalue weighted by Gasteiger charge is -2.13. The van der Waals surface area contributed by atoms with E-state index in [0.717, 1.165) is 0 Å². The van der Waals surface area contributed by atoms with Crippen LogP contribution in [0.4, 0.5) is 4.39 Å². The minimum atomic E-state index is -0.684. The molecule has 0 aromatic carbocycles. The molecule has 16 heavy (non-hydrogen) atoms. The van der Waals surface area contributed by atoms with Gasteiger partial charge in [0.05, 0.1) is 0 Å². The SMILES string of the molecule is Cc1nc(C)nc(C2=C(F)C(=O)CCC2)n1. The molecular weight excluding hydrogens is 209 g/mol. The topological polar surface area (TPSA) is 55.7 Å². The number of carbonyl (C=O) groups excluding carboxylic acids is 1. The second-order valence-corrected chi connectivity index (χ2v) is 3.82. The summed E-state index contributed by atoms with van der Waals surface area (Å²) in [5, 5.41) is 0. The van der Waals surface area contributed by atoms with E-state index in [-0.39, 0.29) is 6.42 Å². The minimum absolute atomic E-state index is 0.276. The molecule has 0 atom stereocenters. The van der Waals surface area contributed by atoms with Crippen molar-refractivity contribution in [2.45, 2.75) is 33.1 Å². The van der Waals surface area contributed by atoms with Crippen LogP contribution in [0.1, 0.15) is 36.7 Å². The van der Waals surface area contributed by atoms with Crippen LogP contribution in [-0.4, -0.2) is 20.7 Å². The Hall–Kier alpha value is -1.65. The number of aryl methyl sites for hydroxylation is 2. The lowest BCUT2D eigenvalue weighted by Crippen LogP contribution is -2.11. The van der Waals surface area contributed by atoms with E-state index in [1.54, 1.807) is 13.8 Å². The maximum absolute atomic E-state index is 13.6. The summed E-state index contributed by atoms with van der Waals surface area (Å²) in [5.74, 6) is 0.255. The Morgan fingerprint density at radius 3 is 2.31 bits per heavy atom. The van der Waals surface area contributed by atoms with E-state index in [1.165, 1.54) is 0 Å². The zero-order valence-electron chi connectivity index (χ0n) is 9.25. The Bertz CT molecular complexity index is 462. The van der Waals surface area contributed by atoms with Crippen molar-refractivity contribution in [3.63, 3.8) is 0 Å². The quantitative estimate of drug-likeness (QED) is 0.727. The van der Waals surface area contributed by atoms with Gasteiger partial charge in [0.2, 0.25) is 0 Å². The third-order valence-electron chi connectivity index (χ3n) is 2.47. The van der Waals surface area contributed by atoms with Crippen LogP contribution in [0.15, 0.2) is 5.83 Å². The molecule has 5 heteroatoms. The highest BCUT2D eigenvalue weighted by Crippen LogP contribution is 2.29. The molecule has 4 nitrogen and oxygen atoms in total. The van der Waals surface area contributed by atoms with Gasteiger partial charge in [-0.2, -0.15) is 0 Å². The van der Waals surface area contributed by atoms with Gasteiger partial charge >= 0.3 is 0 Å². The summed E-state index contributed by atoms with van der Waals surface area (Å²) in [4.78, 5) is 23.4. The Morgan fingerprint density at radius 1 is 1.06 bits per heavy atom. The minimum Gasteiger partial charge on any atom is -0.292 e. The molecule has 2 rings (SSSR count). The molecule has 1 heterocycles. The van der Waals surface area contributed by atoms with Gasteiger partial charge in [0.1, 0.15) is 11.6 Å². The summed E-state index contributed by atoms with van der Waals surface area (Å²) < 4.78 is 13.6. The van der Waals surface area contributed by atoms with Gasteiger partial charge in [-0.05, 0) is 26.7 Å². The maximum Gasteiger partial charge on any atom is 0.191 e. The fourth-order valence-electron chi connectivity index (χ4n) is 1.77. The number of halogens is 1. The molecule has 0 saturated heterocycles. The normalized spacial score (nSPS) is 16.8. The van der Waals surface area contributed by atoms with E-state index < -0.39 is 11.6 Å². The summed E-state index contributed by atoms with van der Waals surface area (Å²) >= 11 is 0. The van der Waals surface area contributed by atoms with Crippen LogP contribution in [0.5, 0.6) is 0 Å². The van der Waals surface area contributed by atoms with Crippen LogP contribution < -0.4 is 0 Å². The molecule has 1 aliphatic carbocycles. The number of hydrogen-bond donors (Lipinski definition) is 0. The molecule has 84 valence electrons. The fraction of sp³-hybridized carbons (Fsp3) is 0.455. The van der Waals surface area contributed by atoms with E-state index in [1.807, 2.05) is 0 Å². The molecule has 1 aliphatic rings. The van der Waals surface area contributed by atoms with Gasteiger partial charge in [-0.25, -0.2) is 19.3 Å². The van der Waals surface area contributed by atoms with Crippen LogP contribution in [0.25, 0.3) is 5.57 Å². The molecule has 0 radical (unpaired) electrons. The Balaban J connectivity index is 2.51. The number of allylic oxidation sites excluding steroid dienone is 2. The van der Waals surface area contributed by atoms with Crippen molar-refractivity contribution in [3.05, 3.63) is 23.3 Å². The third-order valence-corrected chi connectivity index (χ3v) is 2.47. The highest BCUT2D eigenvalue weighted by molar-refractivity contribution is 6.01. The molecule has 0 spiro atoms. The number of carbonyl (C=O) groups is 1. The Labute approximate surface area is 92.6 Å². The summed E-state index contributed by atoms with van der Waals surface area (Å²) in [5.41, 5.74) is 0.324. The van der Waals surface area contributed by atoms with Crippen molar-refractivity contribution >= 4 is 11.4 Å². The second kappa shape index (κ2) is 4.08. The third kappa shape index (κ3) is 1.98. The second-order valence-electron chi connectivity index (χ2n) is 3.82. The first kappa shape index (κ1) is 10.9. The van der Waals surface area contributed by atoms with Crippen LogP contribution in [0.3, 0.4) is 0 Å². The summed E-state index contributed by atoms with van der Waals surface area (Å²) in [6.07, 6.45) is 1.45. The number of hydrogen-bond acceptors (Lipinski definition) is 4. The van der Waals surface area contributed by atoms with E-state index in [4.69, 9.17) is 0 Å². The van der Waals surface area contributed by atoms with Crippen molar-refractivity contribution < 1.29 is 9.18 Å². The van der Waals surface area contributed by atoms with Crippen LogP contribution in [0, 0.1) is 13.8 Å². The molecular formula is C11H12FN3O.